The fraction of sp³-hybridized carbons (Fsp3) is 0.526. The van der Waals surface area contributed by atoms with Crippen LogP contribution in [0.25, 0.3) is 0 Å². The van der Waals surface area contributed by atoms with Crippen molar-refractivity contribution in [1.29, 1.82) is 0 Å². The lowest BCUT2D eigenvalue weighted by Gasteiger charge is -2.38. The number of aromatic nitrogens is 2. The van der Waals surface area contributed by atoms with Crippen molar-refractivity contribution < 1.29 is 19.1 Å². The maximum atomic E-state index is 12.6. The van der Waals surface area contributed by atoms with E-state index in [2.05, 4.69) is 20.2 Å². The number of thiophene rings is 1. The van der Waals surface area contributed by atoms with E-state index < -0.39 is 0 Å². The molecule has 2 aromatic rings. The number of imidazole rings is 1. The summed E-state index contributed by atoms with van der Waals surface area (Å²) in [6.45, 7) is 5.17. The van der Waals surface area contributed by atoms with E-state index in [1.54, 1.807) is 18.4 Å². The average Bonchev–Trinajstić information content (AvgIpc) is 3.30. The number of halogens is 1. The Labute approximate surface area is 178 Å². The molecule has 8 nitrogen and oxygen atoms in total. The third-order valence-electron chi connectivity index (χ3n) is 5.10. The average molecular weight is 441 g/mol. The van der Waals surface area contributed by atoms with Gasteiger partial charge in [0.2, 0.25) is 0 Å². The van der Waals surface area contributed by atoms with E-state index in [1.165, 1.54) is 7.11 Å². The third-order valence-corrected chi connectivity index (χ3v) is 6.52. The van der Waals surface area contributed by atoms with Crippen molar-refractivity contribution in [3.63, 3.8) is 0 Å². The first-order valence-electron chi connectivity index (χ1n) is 9.39. The first-order chi connectivity index (χ1) is 13.9. The van der Waals surface area contributed by atoms with Crippen LogP contribution in [-0.2, 0) is 15.9 Å². The number of H-pyrrole nitrogens is 1. The molecule has 0 bridgehead atoms. The van der Waals surface area contributed by atoms with Crippen LogP contribution in [0, 0.1) is 6.92 Å². The molecule has 3 rings (SSSR count). The Kier molecular flexibility index (Phi) is 6.81. The molecule has 2 atom stereocenters. The Morgan fingerprint density at radius 3 is 2.83 bits per heavy atom. The number of rotatable bonds is 6. The summed E-state index contributed by atoms with van der Waals surface area (Å²) < 4.78 is 10.5. The normalized spacial score (nSPS) is 19.3. The minimum absolute atomic E-state index is 0.154. The van der Waals surface area contributed by atoms with E-state index in [0.717, 1.165) is 22.1 Å². The van der Waals surface area contributed by atoms with Gasteiger partial charge in [-0.1, -0.05) is 18.5 Å². The van der Waals surface area contributed by atoms with Crippen LogP contribution in [0.2, 0.25) is 5.15 Å². The van der Waals surface area contributed by atoms with E-state index in [-0.39, 0.29) is 29.8 Å². The van der Waals surface area contributed by atoms with E-state index in [9.17, 15) is 9.59 Å². The molecule has 1 aliphatic rings. The second kappa shape index (κ2) is 9.15. The number of aryl methyl sites for hydroxylation is 2. The molecular formula is C19H25ClN4O4S. The van der Waals surface area contributed by atoms with Gasteiger partial charge < -0.3 is 24.7 Å². The summed E-state index contributed by atoms with van der Waals surface area (Å²) in [7, 11) is 3.01. The van der Waals surface area contributed by atoms with Gasteiger partial charge in [0.05, 0.1) is 35.5 Å². The highest BCUT2D eigenvalue weighted by atomic mass is 35.5. The molecule has 1 fully saturated rings. The van der Waals surface area contributed by atoms with E-state index in [1.807, 2.05) is 19.9 Å². The van der Waals surface area contributed by atoms with Crippen LogP contribution in [-0.4, -0.2) is 61.3 Å². The second-order valence-electron chi connectivity index (χ2n) is 6.84. The summed E-state index contributed by atoms with van der Waals surface area (Å²) in [5.74, 6) is -0.424. The van der Waals surface area contributed by atoms with E-state index in [0.29, 0.717) is 30.1 Å². The van der Waals surface area contributed by atoms with Gasteiger partial charge in [0.15, 0.2) is 11.0 Å². The quantitative estimate of drug-likeness (QED) is 0.670. The molecule has 2 aromatic heterocycles. The Morgan fingerprint density at radius 2 is 2.21 bits per heavy atom. The molecule has 0 unspecified atom stereocenters. The zero-order valence-electron chi connectivity index (χ0n) is 16.9. The van der Waals surface area contributed by atoms with Crippen LogP contribution in [0.5, 0.6) is 0 Å². The SMILES string of the molecule is CCc1[nH]c(C(=O)N[C@@H]2CCN(c3cc(C(=O)OC)c(C)s3)C[C@@H]2OC)nc1Cl. The third kappa shape index (κ3) is 4.57. The molecule has 1 saturated heterocycles. The number of ether oxygens (including phenoxy) is 2. The van der Waals surface area contributed by atoms with Crippen molar-refractivity contribution in [2.24, 2.45) is 0 Å². The number of aromatic amines is 1. The van der Waals surface area contributed by atoms with Crippen LogP contribution in [0.1, 0.15) is 44.9 Å². The van der Waals surface area contributed by atoms with Crippen molar-refractivity contribution in [3.05, 3.63) is 33.2 Å². The number of hydrogen-bond donors (Lipinski definition) is 2. The number of nitrogens with zero attached hydrogens (tertiary/aromatic N) is 2. The Morgan fingerprint density at radius 1 is 1.45 bits per heavy atom. The van der Waals surface area contributed by atoms with Gasteiger partial charge in [-0.15, -0.1) is 11.3 Å². The smallest absolute Gasteiger partial charge is 0.339 e. The maximum Gasteiger partial charge on any atom is 0.339 e. The molecule has 1 aliphatic heterocycles. The lowest BCUT2D eigenvalue weighted by atomic mass is 10.0. The molecule has 0 spiro atoms. The lowest BCUT2D eigenvalue weighted by Crippen LogP contribution is -2.55. The fourth-order valence-corrected chi connectivity index (χ4v) is 4.73. The number of nitrogens with one attached hydrogen (secondary N) is 2. The summed E-state index contributed by atoms with van der Waals surface area (Å²) in [4.78, 5) is 34.6. The van der Waals surface area contributed by atoms with Crippen LogP contribution in [0.15, 0.2) is 6.07 Å². The number of amides is 1. The van der Waals surface area contributed by atoms with Crippen molar-refractivity contribution in [2.45, 2.75) is 38.8 Å². The Bertz CT molecular complexity index is 897. The molecule has 10 heteroatoms. The summed E-state index contributed by atoms with van der Waals surface area (Å²) in [5.41, 5.74) is 1.32. The predicted octanol–water partition coefficient (Wildman–Crippen LogP) is 2.81. The van der Waals surface area contributed by atoms with E-state index >= 15 is 0 Å². The number of anilines is 1. The first kappa shape index (κ1) is 21.6. The van der Waals surface area contributed by atoms with Crippen molar-refractivity contribution in [3.8, 4) is 0 Å². The summed E-state index contributed by atoms with van der Waals surface area (Å²) in [5, 5.41) is 4.31. The Hall–Kier alpha value is -2.10. The van der Waals surface area contributed by atoms with Gasteiger partial charge in [-0.05, 0) is 25.8 Å². The fourth-order valence-electron chi connectivity index (χ4n) is 3.42. The molecular weight excluding hydrogens is 416 g/mol. The van der Waals surface area contributed by atoms with Gasteiger partial charge in [-0.3, -0.25) is 4.79 Å². The molecule has 3 heterocycles. The maximum absolute atomic E-state index is 12.6. The van der Waals surface area contributed by atoms with Gasteiger partial charge in [0.1, 0.15) is 0 Å². The number of methoxy groups -OCH3 is 2. The Balaban J connectivity index is 1.68. The molecule has 1 amide bonds. The van der Waals surface area contributed by atoms with Crippen LogP contribution < -0.4 is 10.2 Å². The highest BCUT2D eigenvalue weighted by Gasteiger charge is 2.32. The summed E-state index contributed by atoms with van der Waals surface area (Å²) in [6.07, 6.45) is 1.17. The number of hydrogen-bond acceptors (Lipinski definition) is 7. The molecule has 0 aliphatic carbocycles. The number of carbonyl (C=O) groups excluding carboxylic acids is 2. The zero-order chi connectivity index (χ0) is 21.1. The minimum atomic E-state index is -0.334. The molecule has 0 aromatic carbocycles. The predicted molar refractivity (Wildman–Crippen MR) is 112 cm³/mol. The van der Waals surface area contributed by atoms with Gasteiger partial charge in [-0.25, -0.2) is 9.78 Å². The lowest BCUT2D eigenvalue weighted by molar-refractivity contribution is 0.0539. The van der Waals surface area contributed by atoms with Gasteiger partial charge in [0.25, 0.3) is 5.91 Å². The molecule has 0 saturated carbocycles. The molecule has 29 heavy (non-hydrogen) atoms. The molecule has 2 N–H and O–H groups in total. The number of carbonyl (C=O) groups is 2. The van der Waals surface area contributed by atoms with Crippen LogP contribution in [0.4, 0.5) is 5.00 Å². The first-order valence-corrected chi connectivity index (χ1v) is 10.6. The number of piperidine rings is 1. The standard InChI is InChI=1S/C19H25ClN4O4S/c1-5-12-16(20)23-17(21-12)18(25)22-13-6-7-24(9-14(13)27-3)15-8-11(10(2)29-15)19(26)28-4/h8,13-14H,5-7,9H2,1-4H3,(H,21,23)(H,22,25)/t13-,14+/m1/s1. The van der Waals surface area contributed by atoms with Crippen LogP contribution in [0.3, 0.4) is 0 Å². The minimum Gasteiger partial charge on any atom is -0.465 e. The van der Waals surface area contributed by atoms with E-state index in [4.69, 9.17) is 21.1 Å². The second-order valence-corrected chi connectivity index (χ2v) is 8.44. The largest absolute Gasteiger partial charge is 0.465 e. The van der Waals surface area contributed by atoms with Gasteiger partial charge in [-0.2, -0.15) is 0 Å². The van der Waals surface area contributed by atoms with Crippen molar-refractivity contribution >= 4 is 39.8 Å². The highest BCUT2D eigenvalue weighted by molar-refractivity contribution is 7.16. The van der Waals surface area contributed by atoms with Gasteiger partial charge >= 0.3 is 5.97 Å². The van der Waals surface area contributed by atoms with Crippen molar-refractivity contribution in [1.82, 2.24) is 15.3 Å². The molecule has 0 radical (unpaired) electrons. The molecule has 158 valence electrons. The highest BCUT2D eigenvalue weighted by Crippen LogP contribution is 2.32. The monoisotopic (exact) mass is 440 g/mol. The summed E-state index contributed by atoms with van der Waals surface area (Å²) >= 11 is 7.59. The number of esters is 1. The van der Waals surface area contributed by atoms with Crippen LogP contribution >= 0.6 is 22.9 Å². The topological polar surface area (TPSA) is 96.6 Å². The summed E-state index contributed by atoms with van der Waals surface area (Å²) in [6, 6.07) is 1.70. The zero-order valence-corrected chi connectivity index (χ0v) is 18.4. The van der Waals surface area contributed by atoms with Crippen molar-refractivity contribution in [2.75, 3.05) is 32.2 Å². The van der Waals surface area contributed by atoms with Gasteiger partial charge in [0, 0.05) is 25.1 Å².